The molecule has 3 unspecified atom stereocenters. The molecule has 7 heteroatoms. The van der Waals surface area contributed by atoms with E-state index in [2.05, 4.69) is 5.32 Å². The summed E-state index contributed by atoms with van der Waals surface area (Å²) in [4.78, 5) is 37.5. The minimum absolute atomic E-state index is 0.101. The predicted octanol–water partition coefficient (Wildman–Crippen LogP) is 2.22. The zero-order chi connectivity index (χ0) is 20.0. The average Bonchev–Trinajstić information content (AvgIpc) is 2.61. The molecule has 0 spiro atoms. The van der Waals surface area contributed by atoms with Crippen molar-refractivity contribution >= 4 is 17.8 Å². The molecule has 0 saturated carbocycles. The molecule has 3 atom stereocenters. The van der Waals surface area contributed by atoms with E-state index in [1.54, 1.807) is 4.90 Å². The molecule has 1 heterocycles. The van der Waals surface area contributed by atoms with Crippen LogP contribution in [0.4, 0.5) is 0 Å². The summed E-state index contributed by atoms with van der Waals surface area (Å²) in [5.41, 5.74) is 0.761. The van der Waals surface area contributed by atoms with Crippen LogP contribution in [0.5, 0.6) is 5.75 Å². The minimum atomic E-state index is -0.809. The Kier molecular flexibility index (Phi) is 7.21. The third-order valence-corrected chi connectivity index (χ3v) is 4.93. The fraction of sp³-hybridized carbons (Fsp3) is 0.550. The number of carboxylic acid groups (broad SMARTS) is 1. The van der Waals surface area contributed by atoms with Gasteiger partial charge in [-0.2, -0.15) is 0 Å². The van der Waals surface area contributed by atoms with Gasteiger partial charge in [-0.1, -0.05) is 25.1 Å². The van der Waals surface area contributed by atoms with Crippen molar-refractivity contribution < 1.29 is 24.2 Å². The first-order valence-electron chi connectivity index (χ1n) is 9.32. The second kappa shape index (κ2) is 9.39. The number of ether oxygens (including phenoxy) is 1. The van der Waals surface area contributed by atoms with Crippen LogP contribution in [0.3, 0.4) is 0 Å². The summed E-state index contributed by atoms with van der Waals surface area (Å²) in [5, 5.41) is 12.1. The third-order valence-electron chi connectivity index (χ3n) is 4.93. The van der Waals surface area contributed by atoms with E-state index in [1.165, 1.54) is 6.92 Å². The summed E-state index contributed by atoms with van der Waals surface area (Å²) in [6.45, 7) is 6.46. The van der Waals surface area contributed by atoms with Gasteiger partial charge in [0.15, 0.2) is 0 Å². The highest BCUT2D eigenvalue weighted by molar-refractivity contribution is 5.80. The van der Waals surface area contributed by atoms with Gasteiger partial charge in [0.1, 0.15) is 5.75 Å². The largest absolute Gasteiger partial charge is 0.494 e. The number of hydrogen-bond acceptors (Lipinski definition) is 4. The van der Waals surface area contributed by atoms with Gasteiger partial charge in [0, 0.05) is 25.6 Å². The van der Waals surface area contributed by atoms with Crippen molar-refractivity contribution in [3.8, 4) is 5.75 Å². The Hall–Kier alpha value is -2.57. The molecule has 0 radical (unpaired) electrons. The van der Waals surface area contributed by atoms with E-state index < -0.39 is 17.9 Å². The van der Waals surface area contributed by atoms with Crippen LogP contribution in [0.25, 0.3) is 0 Å². The Morgan fingerprint density at radius 1 is 1.33 bits per heavy atom. The molecule has 7 nitrogen and oxygen atoms in total. The van der Waals surface area contributed by atoms with Crippen molar-refractivity contribution in [1.29, 1.82) is 0 Å². The molecular formula is C20H28N2O5. The molecular weight excluding hydrogens is 348 g/mol. The molecule has 2 N–H and O–H groups in total. The van der Waals surface area contributed by atoms with Crippen molar-refractivity contribution in [2.45, 2.75) is 39.7 Å². The van der Waals surface area contributed by atoms with Crippen molar-refractivity contribution in [3.63, 3.8) is 0 Å². The van der Waals surface area contributed by atoms with E-state index in [1.807, 2.05) is 38.1 Å². The Balaban J connectivity index is 2.14. The fourth-order valence-electron chi connectivity index (χ4n) is 3.58. The van der Waals surface area contributed by atoms with Crippen LogP contribution in [0.2, 0.25) is 0 Å². The fourth-order valence-corrected chi connectivity index (χ4v) is 3.58. The molecule has 0 aliphatic carbocycles. The molecule has 0 bridgehead atoms. The zero-order valence-corrected chi connectivity index (χ0v) is 16.1. The number of hydrogen-bond donors (Lipinski definition) is 2. The van der Waals surface area contributed by atoms with Crippen LogP contribution >= 0.6 is 0 Å². The highest BCUT2D eigenvalue weighted by Gasteiger charge is 2.34. The Morgan fingerprint density at radius 2 is 2.04 bits per heavy atom. The monoisotopic (exact) mass is 376 g/mol. The van der Waals surface area contributed by atoms with Crippen LogP contribution in [0.15, 0.2) is 24.3 Å². The predicted molar refractivity (Wildman–Crippen MR) is 100 cm³/mol. The standard InChI is InChI=1S/C20H28N2O5/c1-4-27-18-8-6-5-7-16(18)17(21-14(3)23)11-19(24)22-10-9-15(20(25)26)13(2)12-22/h5-8,13,15,17H,4,9-12H2,1-3H3,(H,21,23)(H,25,26). The zero-order valence-electron chi connectivity index (χ0n) is 16.1. The molecule has 27 heavy (non-hydrogen) atoms. The second-order valence-electron chi connectivity index (χ2n) is 6.98. The molecule has 0 aromatic heterocycles. The number of para-hydroxylation sites is 1. The van der Waals surface area contributed by atoms with Crippen molar-refractivity contribution in [2.24, 2.45) is 11.8 Å². The topological polar surface area (TPSA) is 95.9 Å². The maximum Gasteiger partial charge on any atom is 0.306 e. The van der Waals surface area contributed by atoms with Gasteiger partial charge in [-0.05, 0) is 25.3 Å². The number of carbonyl (C=O) groups is 3. The highest BCUT2D eigenvalue weighted by Crippen LogP contribution is 2.29. The number of likely N-dealkylation sites (tertiary alicyclic amines) is 1. The van der Waals surface area contributed by atoms with Gasteiger partial charge in [-0.15, -0.1) is 0 Å². The lowest BCUT2D eigenvalue weighted by Crippen LogP contribution is -2.46. The summed E-state index contributed by atoms with van der Waals surface area (Å²) in [5.74, 6) is -1.01. The Morgan fingerprint density at radius 3 is 2.63 bits per heavy atom. The number of benzene rings is 1. The molecule has 1 aromatic carbocycles. The maximum absolute atomic E-state index is 12.8. The van der Waals surface area contributed by atoms with E-state index in [0.717, 1.165) is 5.56 Å². The summed E-state index contributed by atoms with van der Waals surface area (Å²) < 4.78 is 5.64. The van der Waals surface area contributed by atoms with Crippen LogP contribution < -0.4 is 10.1 Å². The van der Waals surface area contributed by atoms with Crippen molar-refractivity contribution in [2.75, 3.05) is 19.7 Å². The second-order valence-corrected chi connectivity index (χ2v) is 6.98. The molecule has 2 amide bonds. The van der Waals surface area contributed by atoms with Crippen LogP contribution in [-0.2, 0) is 14.4 Å². The lowest BCUT2D eigenvalue weighted by atomic mass is 9.86. The van der Waals surface area contributed by atoms with E-state index in [-0.39, 0.29) is 24.2 Å². The van der Waals surface area contributed by atoms with Gasteiger partial charge in [-0.3, -0.25) is 14.4 Å². The normalized spacial score (nSPS) is 20.6. The van der Waals surface area contributed by atoms with Crippen LogP contribution in [-0.4, -0.2) is 47.5 Å². The summed E-state index contributed by atoms with van der Waals surface area (Å²) in [7, 11) is 0. The Bertz CT molecular complexity index is 691. The quantitative estimate of drug-likeness (QED) is 0.761. The number of nitrogens with one attached hydrogen (secondary N) is 1. The summed E-state index contributed by atoms with van der Waals surface area (Å²) in [6, 6.07) is 6.86. The molecule has 1 fully saturated rings. The van der Waals surface area contributed by atoms with E-state index in [9.17, 15) is 19.5 Å². The molecule has 1 saturated heterocycles. The first kappa shape index (κ1) is 20.7. The SMILES string of the molecule is CCOc1ccccc1C(CC(=O)N1CCC(C(=O)O)C(C)C1)NC(C)=O. The molecule has 1 aliphatic heterocycles. The van der Waals surface area contributed by atoms with E-state index in [0.29, 0.717) is 31.9 Å². The number of nitrogens with zero attached hydrogens (tertiary/aromatic N) is 1. The van der Waals surface area contributed by atoms with E-state index >= 15 is 0 Å². The minimum Gasteiger partial charge on any atom is -0.494 e. The lowest BCUT2D eigenvalue weighted by Gasteiger charge is -2.35. The molecule has 148 valence electrons. The Labute approximate surface area is 159 Å². The van der Waals surface area contributed by atoms with Gasteiger partial charge in [0.25, 0.3) is 0 Å². The smallest absolute Gasteiger partial charge is 0.306 e. The van der Waals surface area contributed by atoms with E-state index in [4.69, 9.17) is 4.74 Å². The van der Waals surface area contributed by atoms with Gasteiger partial charge >= 0.3 is 5.97 Å². The number of carboxylic acids is 1. The summed E-state index contributed by atoms with van der Waals surface area (Å²) >= 11 is 0. The van der Waals surface area contributed by atoms with Crippen molar-refractivity contribution in [1.82, 2.24) is 10.2 Å². The molecule has 1 aliphatic rings. The molecule has 1 aromatic rings. The van der Waals surface area contributed by atoms with Gasteiger partial charge in [0.05, 0.1) is 25.0 Å². The average molecular weight is 376 g/mol. The first-order chi connectivity index (χ1) is 12.8. The third kappa shape index (κ3) is 5.45. The number of amides is 2. The van der Waals surface area contributed by atoms with Gasteiger partial charge in [-0.25, -0.2) is 0 Å². The van der Waals surface area contributed by atoms with Crippen LogP contribution in [0.1, 0.15) is 45.2 Å². The first-order valence-corrected chi connectivity index (χ1v) is 9.32. The lowest BCUT2D eigenvalue weighted by molar-refractivity contribution is -0.148. The van der Waals surface area contributed by atoms with Crippen molar-refractivity contribution in [3.05, 3.63) is 29.8 Å². The van der Waals surface area contributed by atoms with Crippen LogP contribution in [0, 0.1) is 11.8 Å². The maximum atomic E-state index is 12.8. The molecule has 2 rings (SSSR count). The van der Waals surface area contributed by atoms with Gasteiger partial charge in [0.2, 0.25) is 11.8 Å². The number of rotatable bonds is 7. The number of aliphatic carboxylic acids is 1. The number of piperidine rings is 1. The van der Waals surface area contributed by atoms with Gasteiger partial charge < -0.3 is 20.1 Å². The highest BCUT2D eigenvalue weighted by atomic mass is 16.5. The number of carbonyl (C=O) groups excluding carboxylic acids is 2. The summed E-state index contributed by atoms with van der Waals surface area (Å²) in [6.07, 6.45) is 0.552.